The van der Waals surface area contributed by atoms with E-state index in [1.807, 2.05) is 6.92 Å². The molecular formula is C8H17N3O2. The Hall–Kier alpha value is -1.10. The Bertz CT molecular complexity index is 192. The smallest absolute Gasteiger partial charge is 0.235 e. The van der Waals surface area contributed by atoms with E-state index in [2.05, 4.69) is 5.32 Å². The van der Waals surface area contributed by atoms with Crippen LogP contribution in [-0.4, -0.2) is 43.4 Å². The van der Waals surface area contributed by atoms with Gasteiger partial charge >= 0.3 is 0 Å². The van der Waals surface area contributed by atoms with Gasteiger partial charge in [0.1, 0.15) is 0 Å². The Balaban J connectivity index is 4.10. The van der Waals surface area contributed by atoms with Gasteiger partial charge in [-0.2, -0.15) is 0 Å². The molecule has 0 aliphatic rings. The zero-order valence-electron chi connectivity index (χ0n) is 8.33. The van der Waals surface area contributed by atoms with Crippen LogP contribution < -0.4 is 11.1 Å². The van der Waals surface area contributed by atoms with Crippen molar-refractivity contribution in [1.82, 2.24) is 10.2 Å². The van der Waals surface area contributed by atoms with Crippen LogP contribution in [0.5, 0.6) is 0 Å². The lowest BCUT2D eigenvalue weighted by Gasteiger charge is -2.16. The molecular weight excluding hydrogens is 170 g/mol. The van der Waals surface area contributed by atoms with Gasteiger partial charge in [-0.05, 0) is 6.54 Å². The van der Waals surface area contributed by atoms with E-state index in [0.717, 1.165) is 0 Å². The van der Waals surface area contributed by atoms with Crippen molar-refractivity contribution in [3.63, 3.8) is 0 Å². The normalized spacial score (nSPS) is 12.2. The molecule has 0 radical (unpaired) electrons. The van der Waals surface area contributed by atoms with Crippen molar-refractivity contribution >= 4 is 11.8 Å². The molecule has 0 bridgehead atoms. The van der Waals surface area contributed by atoms with Gasteiger partial charge < -0.3 is 16.0 Å². The van der Waals surface area contributed by atoms with Gasteiger partial charge in [-0.25, -0.2) is 0 Å². The lowest BCUT2D eigenvalue weighted by molar-refractivity contribution is -0.132. The highest BCUT2D eigenvalue weighted by Gasteiger charge is 2.18. The van der Waals surface area contributed by atoms with Gasteiger partial charge in [0, 0.05) is 14.1 Å². The second-order valence-corrected chi connectivity index (χ2v) is 3.00. The minimum Gasteiger partial charge on any atom is -0.368 e. The molecule has 0 aromatic heterocycles. The first-order valence-corrected chi connectivity index (χ1v) is 4.21. The van der Waals surface area contributed by atoms with Crippen molar-refractivity contribution < 1.29 is 9.59 Å². The van der Waals surface area contributed by atoms with E-state index < -0.39 is 11.9 Å². The first-order valence-electron chi connectivity index (χ1n) is 4.21. The molecule has 0 aromatic carbocycles. The van der Waals surface area contributed by atoms with Gasteiger partial charge in [0.2, 0.25) is 11.8 Å². The van der Waals surface area contributed by atoms with Crippen LogP contribution in [0.2, 0.25) is 0 Å². The summed E-state index contributed by atoms with van der Waals surface area (Å²) in [6, 6.07) is -0.556. The first-order chi connectivity index (χ1) is 5.99. The molecule has 0 saturated heterocycles. The third kappa shape index (κ3) is 4.47. The van der Waals surface area contributed by atoms with Gasteiger partial charge in [-0.3, -0.25) is 9.59 Å². The zero-order chi connectivity index (χ0) is 10.4. The number of hydrogen-bond donors (Lipinski definition) is 2. The molecule has 2 amide bonds. The van der Waals surface area contributed by atoms with Crippen LogP contribution in [-0.2, 0) is 9.59 Å². The Labute approximate surface area is 78.3 Å². The molecule has 1 atom stereocenters. The van der Waals surface area contributed by atoms with E-state index in [-0.39, 0.29) is 12.3 Å². The average Bonchev–Trinajstić information content (AvgIpc) is 2.03. The standard InChI is InChI=1S/C8H17N3O2/c1-4-10-6(8(9)13)5-7(12)11(2)3/h6,10H,4-5H2,1-3H3,(H2,9,13). The third-order valence-electron chi connectivity index (χ3n) is 1.67. The lowest BCUT2D eigenvalue weighted by atomic mass is 10.2. The molecule has 0 rings (SSSR count). The predicted octanol–water partition coefficient (Wildman–Crippen LogP) is -1.07. The Morgan fingerprint density at radius 2 is 2.00 bits per heavy atom. The van der Waals surface area contributed by atoms with Crippen molar-refractivity contribution in [2.24, 2.45) is 5.73 Å². The van der Waals surface area contributed by atoms with Crippen LogP contribution in [0.1, 0.15) is 13.3 Å². The number of hydrogen-bond acceptors (Lipinski definition) is 3. The molecule has 0 heterocycles. The van der Waals surface area contributed by atoms with E-state index in [0.29, 0.717) is 6.54 Å². The molecule has 0 aliphatic carbocycles. The zero-order valence-corrected chi connectivity index (χ0v) is 8.33. The maximum Gasteiger partial charge on any atom is 0.235 e. The Morgan fingerprint density at radius 1 is 1.46 bits per heavy atom. The monoisotopic (exact) mass is 187 g/mol. The predicted molar refractivity (Wildman–Crippen MR) is 50.0 cm³/mol. The quantitative estimate of drug-likeness (QED) is 0.575. The lowest BCUT2D eigenvalue weighted by Crippen LogP contribution is -2.44. The summed E-state index contributed by atoms with van der Waals surface area (Å²) < 4.78 is 0. The molecule has 0 aromatic rings. The summed E-state index contributed by atoms with van der Waals surface area (Å²) in [4.78, 5) is 23.5. The number of nitrogens with zero attached hydrogens (tertiary/aromatic N) is 1. The number of primary amides is 1. The molecule has 0 spiro atoms. The van der Waals surface area contributed by atoms with Crippen LogP contribution in [0.25, 0.3) is 0 Å². The van der Waals surface area contributed by atoms with Gasteiger partial charge in [0.25, 0.3) is 0 Å². The molecule has 5 nitrogen and oxygen atoms in total. The summed E-state index contributed by atoms with van der Waals surface area (Å²) in [6.45, 7) is 2.48. The summed E-state index contributed by atoms with van der Waals surface area (Å²) in [5, 5.41) is 2.85. The van der Waals surface area contributed by atoms with Gasteiger partial charge in [-0.1, -0.05) is 6.92 Å². The van der Waals surface area contributed by atoms with Gasteiger partial charge in [-0.15, -0.1) is 0 Å². The van der Waals surface area contributed by atoms with Crippen molar-refractivity contribution in [3.8, 4) is 0 Å². The minimum atomic E-state index is -0.556. The summed E-state index contributed by atoms with van der Waals surface area (Å²) >= 11 is 0. The molecule has 1 unspecified atom stereocenters. The summed E-state index contributed by atoms with van der Waals surface area (Å²) in [5.41, 5.74) is 5.10. The van der Waals surface area contributed by atoms with E-state index in [4.69, 9.17) is 5.73 Å². The van der Waals surface area contributed by atoms with Crippen LogP contribution in [0.15, 0.2) is 0 Å². The summed E-state index contributed by atoms with van der Waals surface area (Å²) in [7, 11) is 3.29. The second kappa shape index (κ2) is 5.53. The number of rotatable bonds is 5. The van der Waals surface area contributed by atoms with E-state index >= 15 is 0 Å². The maximum absolute atomic E-state index is 11.2. The molecule has 13 heavy (non-hydrogen) atoms. The highest BCUT2D eigenvalue weighted by molar-refractivity contribution is 5.87. The topological polar surface area (TPSA) is 75.4 Å². The van der Waals surface area contributed by atoms with Crippen LogP contribution in [0.4, 0.5) is 0 Å². The largest absolute Gasteiger partial charge is 0.368 e. The third-order valence-corrected chi connectivity index (χ3v) is 1.67. The number of carbonyl (C=O) groups excluding carboxylic acids is 2. The average molecular weight is 187 g/mol. The number of amides is 2. The molecule has 0 saturated carbocycles. The van der Waals surface area contributed by atoms with E-state index in [9.17, 15) is 9.59 Å². The van der Waals surface area contributed by atoms with Crippen molar-refractivity contribution in [1.29, 1.82) is 0 Å². The summed E-state index contributed by atoms with van der Waals surface area (Å²) in [5.74, 6) is -0.596. The molecule has 0 aliphatic heterocycles. The van der Waals surface area contributed by atoms with E-state index in [1.165, 1.54) is 4.90 Å². The van der Waals surface area contributed by atoms with E-state index in [1.54, 1.807) is 14.1 Å². The van der Waals surface area contributed by atoms with Crippen molar-refractivity contribution in [2.75, 3.05) is 20.6 Å². The number of nitrogens with one attached hydrogen (secondary N) is 1. The number of nitrogens with two attached hydrogens (primary N) is 1. The Kier molecular flexibility index (Phi) is 5.06. The molecule has 76 valence electrons. The fourth-order valence-corrected chi connectivity index (χ4v) is 0.877. The Morgan fingerprint density at radius 3 is 2.31 bits per heavy atom. The van der Waals surface area contributed by atoms with Crippen molar-refractivity contribution in [2.45, 2.75) is 19.4 Å². The first kappa shape index (κ1) is 11.9. The van der Waals surface area contributed by atoms with Gasteiger partial charge in [0.05, 0.1) is 12.5 Å². The fraction of sp³-hybridized carbons (Fsp3) is 0.750. The SMILES string of the molecule is CCNC(CC(=O)N(C)C)C(N)=O. The second-order valence-electron chi connectivity index (χ2n) is 3.00. The minimum absolute atomic E-state index is 0.107. The van der Waals surface area contributed by atoms with Crippen LogP contribution in [0, 0.1) is 0 Å². The summed E-state index contributed by atoms with van der Waals surface area (Å²) in [6.07, 6.45) is 0.121. The molecule has 5 heteroatoms. The maximum atomic E-state index is 11.2. The highest BCUT2D eigenvalue weighted by Crippen LogP contribution is 1.94. The van der Waals surface area contributed by atoms with Crippen LogP contribution >= 0.6 is 0 Å². The fourth-order valence-electron chi connectivity index (χ4n) is 0.877. The van der Waals surface area contributed by atoms with Crippen molar-refractivity contribution in [3.05, 3.63) is 0 Å². The number of carbonyl (C=O) groups is 2. The molecule has 0 fully saturated rings. The molecule has 3 N–H and O–H groups in total. The highest BCUT2D eigenvalue weighted by atomic mass is 16.2. The van der Waals surface area contributed by atoms with Gasteiger partial charge in [0.15, 0.2) is 0 Å². The van der Waals surface area contributed by atoms with Crippen LogP contribution in [0.3, 0.4) is 0 Å². The number of likely N-dealkylation sites (N-methyl/N-ethyl adjacent to an activating group) is 1.